The first kappa shape index (κ1) is 24.6. The van der Waals surface area contributed by atoms with Crippen LogP contribution in [0.5, 0.6) is 0 Å². The van der Waals surface area contributed by atoms with Crippen molar-refractivity contribution in [1.29, 1.82) is 0 Å². The minimum atomic E-state index is -5.15. The average Bonchev–Trinajstić information content (AvgIpc) is 2.52. The van der Waals surface area contributed by atoms with E-state index in [1.54, 1.807) is 0 Å². The Morgan fingerprint density at radius 1 is 1.18 bits per heavy atom. The molecule has 0 saturated carbocycles. The summed E-state index contributed by atoms with van der Waals surface area (Å²) < 4.78 is 77.7. The molecule has 0 heterocycles. The van der Waals surface area contributed by atoms with Crippen LogP contribution < -0.4 is 0 Å². The van der Waals surface area contributed by atoms with Gasteiger partial charge in [0.05, 0.1) is 6.61 Å². The first-order valence-corrected chi connectivity index (χ1v) is 10.7. The molecule has 1 aromatic carbocycles. The average molecular weight is 538 g/mol. The zero-order chi connectivity index (χ0) is 21.4. The van der Waals surface area contributed by atoms with Gasteiger partial charge in [-0.1, -0.05) is 12.1 Å². The van der Waals surface area contributed by atoms with Crippen molar-refractivity contribution in [2.24, 2.45) is 0 Å². The predicted octanol–water partition coefficient (Wildman–Crippen LogP) is 2.91. The van der Waals surface area contributed by atoms with Crippen LogP contribution in [0.4, 0.5) is 13.2 Å². The smallest absolute Gasteiger partial charge is 0.426 e. The molecule has 158 valence electrons. The van der Waals surface area contributed by atoms with Gasteiger partial charge in [-0.25, -0.2) is 0 Å². The summed E-state index contributed by atoms with van der Waals surface area (Å²) in [7, 11) is -4.99. The second kappa shape index (κ2) is 11.0. The maximum Gasteiger partial charge on any atom is 0.426 e. The summed E-state index contributed by atoms with van der Waals surface area (Å²) in [5.41, 5.74) is 0.973. The molecule has 0 saturated heterocycles. The molecule has 0 spiro atoms. The van der Waals surface area contributed by atoms with Crippen LogP contribution in [-0.4, -0.2) is 49.5 Å². The molecule has 0 fully saturated rings. The van der Waals surface area contributed by atoms with Crippen molar-refractivity contribution in [2.45, 2.75) is 38.0 Å². The lowest BCUT2D eigenvalue weighted by Gasteiger charge is -2.19. The van der Waals surface area contributed by atoms with Crippen LogP contribution >= 0.6 is 22.6 Å². The minimum absolute atomic E-state index is 0.119. The number of hydrogen-bond acceptors (Lipinski definition) is 6. The second-order valence-electron chi connectivity index (χ2n) is 5.72. The monoisotopic (exact) mass is 538 g/mol. The second-order valence-corrected chi connectivity index (χ2v) is 8.47. The largest absolute Gasteiger partial charge is 0.465 e. The van der Waals surface area contributed by atoms with Gasteiger partial charge in [0.25, 0.3) is 10.1 Å². The van der Waals surface area contributed by atoms with Crippen LogP contribution in [0, 0.1) is 3.57 Å². The zero-order valence-corrected chi connectivity index (χ0v) is 17.4. The van der Waals surface area contributed by atoms with Gasteiger partial charge < -0.3 is 9.47 Å². The third-order valence-electron chi connectivity index (χ3n) is 3.31. The lowest BCUT2D eigenvalue weighted by Crippen LogP contribution is -2.39. The van der Waals surface area contributed by atoms with E-state index in [1.165, 1.54) is 0 Å². The van der Waals surface area contributed by atoms with Crippen LogP contribution in [0.25, 0.3) is 0 Å². The molecule has 0 aliphatic heterocycles. The quantitative estimate of drug-likeness (QED) is 0.278. The molecule has 0 radical (unpaired) electrons. The third-order valence-corrected chi connectivity index (χ3v) is 4.70. The molecule has 1 N–H and O–H groups in total. The van der Waals surface area contributed by atoms with Crippen molar-refractivity contribution in [3.8, 4) is 0 Å². The Labute approximate surface area is 173 Å². The molecule has 1 unspecified atom stereocenters. The van der Waals surface area contributed by atoms with E-state index in [-0.39, 0.29) is 19.4 Å². The van der Waals surface area contributed by atoms with Crippen molar-refractivity contribution in [1.82, 2.24) is 0 Å². The van der Waals surface area contributed by atoms with Gasteiger partial charge in [-0.3, -0.25) is 14.1 Å². The highest BCUT2D eigenvalue weighted by atomic mass is 127. The summed E-state index contributed by atoms with van der Waals surface area (Å²) >= 11 is 2.15. The maximum atomic E-state index is 12.6. The molecular weight excluding hydrogens is 520 g/mol. The first-order valence-electron chi connectivity index (χ1n) is 7.98. The van der Waals surface area contributed by atoms with Gasteiger partial charge in [0, 0.05) is 22.8 Å². The van der Waals surface area contributed by atoms with Crippen molar-refractivity contribution >= 4 is 44.6 Å². The van der Waals surface area contributed by atoms with Crippen molar-refractivity contribution < 1.29 is 45.2 Å². The SMILES string of the molecule is O=C(CCCC(=O)OC(CS(=O)(=O)O)C(F)(F)F)OCCc1cccc(I)c1. The summed E-state index contributed by atoms with van der Waals surface area (Å²) in [6.07, 6.45) is -8.51. The Balaban J connectivity index is 2.33. The van der Waals surface area contributed by atoms with Gasteiger partial charge in [-0.05, 0) is 46.7 Å². The van der Waals surface area contributed by atoms with Crippen LogP contribution in [-0.2, 0) is 35.6 Å². The van der Waals surface area contributed by atoms with Gasteiger partial charge in [-0.2, -0.15) is 21.6 Å². The summed E-state index contributed by atoms with van der Waals surface area (Å²) in [5, 5.41) is 0. The standard InChI is InChI=1S/C16H18F3IO7S/c17-16(18,19)13(10-28(23,24)25)27-15(22)6-2-5-14(21)26-8-7-11-3-1-4-12(20)9-11/h1,3-4,9,13H,2,5-8,10H2,(H,23,24,25). The molecule has 1 atom stereocenters. The van der Waals surface area contributed by atoms with Crippen LogP contribution in [0.2, 0.25) is 0 Å². The van der Waals surface area contributed by atoms with Crippen molar-refractivity contribution in [2.75, 3.05) is 12.4 Å². The van der Waals surface area contributed by atoms with E-state index in [0.717, 1.165) is 9.13 Å². The number of alkyl halides is 3. The van der Waals surface area contributed by atoms with E-state index in [1.807, 2.05) is 24.3 Å². The van der Waals surface area contributed by atoms with Crippen LogP contribution in [0.3, 0.4) is 0 Å². The molecule has 1 rings (SSSR count). The summed E-state index contributed by atoms with van der Waals surface area (Å²) in [4.78, 5) is 23.0. The number of carbonyl (C=O) groups excluding carboxylic acids is 2. The fourth-order valence-electron chi connectivity index (χ4n) is 2.03. The molecule has 1 aromatic rings. The van der Waals surface area contributed by atoms with Crippen molar-refractivity contribution in [3.63, 3.8) is 0 Å². The Hall–Kier alpha value is -1.41. The van der Waals surface area contributed by atoms with Gasteiger partial charge >= 0.3 is 18.1 Å². The molecule has 28 heavy (non-hydrogen) atoms. The highest BCUT2D eigenvalue weighted by Crippen LogP contribution is 2.24. The molecular formula is C16H18F3IO7S. The van der Waals surface area contributed by atoms with Crippen LogP contribution in [0.15, 0.2) is 24.3 Å². The molecule has 0 amide bonds. The van der Waals surface area contributed by atoms with Gasteiger partial charge in [0.15, 0.2) is 0 Å². The predicted molar refractivity (Wildman–Crippen MR) is 100 cm³/mol. The fraction of sp³-hybridized carbons (Fsp3) is 0.500. The van der Waals surface area contributed by atoms with Crippen LogP contribution in [0.1, 0.15) is 24.8 Å². The zero-order valence-electron chi connectivity index (χ0n) is 14.4. The Morgan fingerprint density at radius 2 is 1.82 bits per heavy atom. The van der Waals surface area contributed by atoms with Gasteiger partial charge in [-0.15, -0.1) is 0 Å². The molecule has 7 nitrogen and oxygen atoms in total. The molecule has 0 aliphatic rings. The highest BCUT2D eigenvalue weighted by Gasteiger charge is 2.45. The number of carbonyl (C=O) groups is 2. The van der Waals surface area contributed by atoms with E-state index in [2.05, 4.69) is 27.3 Å². The maximum absolute atomic E-state index is 12.6. The van der Waals surface area contributed by atoms with E-state index in [9.17, 15) is 31.2 Å². The lowest BCUT2D eigenvalue weighted by atomic mass is 10.2. The van der Waals surface area contributed by atoms with E-state index in [0.29, 0.717) is 6.42 Å². The Kier molecular flexibility index (Phi) is 9.63. The van der Waals surface area contributed by atoms with E-state index in [4.69, 9.17) is 9.29 Å². The number of halogens is 4. The number of esters is 2. The van der Waals surface area contributed by atoms with Gasteiger partial charge in [0.2, 0.25) is 6.10 Å². The minimum Gasteiger partial charge on any atom is -0.465 e. The molecule has 0 bridgehead atoms. The Morgan fingerprint density at radius 3 is 2.39 bits per heavy atom. The number of benzene rings is 1. The van der Waals surface area contributed by atoms with E-state index >= 15 is 0 Å². The lowest BCUT2D eigenvalue weighted by molar-refractivity contribution is -0.215. The molecule has 0 aromatic heterocycles. The van der Waals surface area contributed by atoms with Crippen molar-refractivity contribution in [3.05, 3.63) is 33.4 Å². The normalized spacial score (nSPS) is 13.0. The van der Waals surface area contributed by atoms with Gasteiger partial charge in [0.1, 0.15) is 5.75 Å². The summed E-state index contributed by atoms with van der Waals surface area (Å²) in [6, 6.07) is 7.57. The molecule has 12 heteroatoms. The summed E-state index contributed by atoms with van der Waals surface area (Å²) in [6.45, 7) is 0.119. The highest BCUT2D eigenvalue weighted by molar-refractivity contribution is 14.1. The Bertz CT molecular complexity index is 781. The number of ether oxygens (including phenoxy) is 2. The fourth-order valence-corrected chi connectivity index (χ4v) is 3.28. The topological polar surface area (TPSA) is 107 Å². The third kappa shape index (κ3) is 10.8. The first-order chi connectivity index (χ1) is 12.9. The van der Waals surface area contributed by atoms with E-state index < -0.39 is 46.5 Å². The number of hydrogen-bond donors (Lipinski definition) is 1. The molecule has 0 aliphatic carbocycles. The summed E-state index contributed by atoms with van der Waals surface area (Å²) in [5.74, 6) is -3.75. The number of rotatable bonds is 10.